The minimum atomic E-state index is -2.61. The quantitative estimate of drug-likeness (QED) is 0.302. The molecule has 7 heteroatoms. The van der Waals surface area contributed by atoms with Crippen LogP contribution in [0.5, 0.6) is 0 Å². The first-order valence-electron chi connectivity index (χ1n) is 9.75. The van der Waals surface area contributed by atoms with Crippen LogP contribution in [-0.4, -0.2) is 47.9 Å². The lowest BCUT2D eigenvalue weighted by atomic mass is 10.1. The Labute approximate surface area is 155 Å². The summed E-state index contributed by atoms with van der Waals surface area (Å²) >= 11 is 0. The van der Waals surface area contributed by atoms with E-state index in [1.807, 2.05) is 20.8 Å². The number of ether oxygens (including phenoxy) is 1. The molecule has 0 aliphatic heterocycles. The van der Waals surface area contributed by atoms with Gasteiger partial charge in [-0.25, -0.2) is 4.79 Å². The van der Waals surface area contributed by atoms with Gasteiger partial charge in [0.05, 0.1) is 6.61 Å². The minimum absolute atomic E-state index is 0.353. The van der Waals surface area contributed by atoms with E-state index >= 15 is 0 Å². The van der Waals surface area contributed by atoms with Crippen molar-refractivity contribution in [3.05, 3.63) is 6.92 Å². The van der Waals surface area contributed by atoms with Gasteiger partial charge in [0.25, 0.3) is 0 Å². The largest absolute Gasteiger partial charge is 0.500 e. The number of amides is 1. The third-order valence-corrected chi connectivity index (χ3v) is 6.80. The standard InChI is InChI=1S/C18H38NO5Si/c1-5-9-10-11-12-13-16-21-18(20)19-15-14-17-25(22-6-2,23-7-3)24-8-4/h1,5-17H2,2-4H3,(H,19,20). The normalized spacial score (nSPS) is 11.5. The molecule has 25 heavy (non-hydrogen) atoms. The molecule has 0 aromatic heterocycles. The molecule has 0 rings (SSSR count). The van der Waals surface area contributed by atoms with Gasteiger partial charge in [0.2, 0.25) is 0 Å². The van der Waals surface area contributed by atoms with Crippen LogP contribution in [-0.2, 0) is 18.0 Å². The summed E-state index contributed by atoms with van der Waals surface area (Å²) in [6.07, 6.45) is 6.97. The fraction of sp³-hybridized carbons (Fsp3) is 0.889. The second kappa shape index (κ2) is 16.8. The molecule has 0 bridgehead atoms. The molecule has 0 saturated heterocycles. The molecule has 1 radical (unpaired) electrons. The van der Waals surface area contributed by atoms with Gasteiger partial charge in [-0.2, -0.15) is 0 Å². The molecule has 1 amide bonds. The lowest BCUT2D eigenvalue weighted by Crippen LogP contribution is -2.46. The fourth-order valence-corrected chi connectivity index (χ4v) is 5.13. The lowest BCUT2D eigenvalue weighted by molar-refractivity contribution is 0.0706. The van der Waals surface area contributed by atoms with Crippen LogP contribution in [0, 0.1) is 6.92 Å². The summed E-state index contributed by atoms with van der Waals surface area (Å²) in [4.78, 5) is 11.7. The molecule has 0 aromatic carbocycles. The van der Waals surface area contributed by atoms with E-state index in [-0.39, 0.29) is 6.09 Å². The Hall–Kier alpha value is -0.633. The highest BCUT2D eigenvalue weighted by atomic mass is 28.4. The molecular weight excluding hydrogens is 338 g/mol. The van der Waals surface area contributed by atoms with Gasteiger partial charge >= 0.3 is 14.9 Å². The highest BCUT2D eigenvalue weighted by molar-refractivity contribution is 6.60. The predicted octanol–water partition coefficient (Wildman–Crippen LogP) is 4.33. The van der Waals surface area contributed by atoms with Gasteiger partial charge in [0.15, 0.2) is 0 Å². The molecule has 6 nitrogen and oxygen atoms in total. The van der Waals surface area contributed by atoms with Crippen molar-refractivity contribution in [2.45, 2.75) is 71.8 Å². The first kappa shape index (κ1) is 24.4. The predicted molar refractivity (Wildman–Crippen MR) is 102 cm³/mol. The van der Waals surface area contributed by atoms with Crippen LogP contribution in [0.3, 0.4) is 0 Å². The zero-order valence-corrected chi connectivity index (χ0v) is 17.4. The smallest absolute Gasteiger partial charge is 0.450 e. The van der Waals surface area contributed by atoms with E-state index in [0.717, 1.165) is 25.7 Å². The molecule has 0 unspecified atom stereocenters. The fourth-order valence-electron chi connectivity index (χ4n) is 2.52. The SMILES string of the molecule is [CH2]CCCCCCCOC(=O)NCCC[Si](OCC)(OCC)OCC. The number of carbonyl (C=O) groups is 1. The van der Waals surface area contributed by atoms with E-state index in [1.54, 1.807) is 0 Å². The molecular formula is C18H38NO5Si. The summed E-state index contributed by atoms with van der Waals surface area (Å²) in [5, 5.41) is 2.78. The molecule has 0 spiro atoms. The highest BCUT2D eigenvalue weighted by Crippen LogP contribution is 2.17. The Bertz CT molecular complexity index is 301. The van der Waals surface area contributed by atoms with Crippen molar-refractivity contribution in [3.63, 3.8) is 0 Å². The molecule has 0 saturated carbocycles. The monoisotopic (exact) mass is 376 g/mol. The summed E-state index contributed by atoms with van der Waals surface area (Å²) in [6, 6.07) is 0.690. The minimum Gasteiger partial charge on any atom is -0.450 e. The molecule has 149 valence electrons. The number of nitrogens with one attached hydrogen (secondary N) is 1. The van der Waals surface area contributed by atoms with E-state index < -0.39 is 8.80 Å². The average molecular weight is 377 g/mol. The van der Waals surface area contributed by atoms with E-state index in [9.17, 15) is 4.79 Å². The lowest BCUT2D eigenvalue weighted by Gasteiger charge is -2.28. The van der Waals surface area contributed by atoms with Crippen LogP contribution >= 0.6 is 0 Å². The summed E-state index contributed by atoms with van der Waals surface area (Å²) in [5.74, 6) is 0. The van der Waals surface area contributed by atoms with Gasteiger partial charge in [0, 0.05) is 32.4 Å². The Morgan fingerprint density at radius 1 is 0.880 bits per heavy atom. The van der Waals surface area contributed by atoms with Crippen molar-refractivity contribution in [1.82, 2.24) is 5.32 Å². The van der Waals surface area contributed by atoms with Gasteiger partial charge in [-0.05, 0) is 33.6 Å². The van der Waals surface area contributed by atoms with Crippen LogP contribution in [0.15, 0.2) is 0 Å². The number of unbranched alkanes of at least 4 members (excludes halogenated alkanes) is 5. The number of alkyl carbamates (subject to hydrolysis) is 1. The molecule has 0 atom stereocenters. The van der Waals surface area contributed by atoms with Crippen LogP contribution in [0.25, 0.3) is 0 Å². The van der Waals surface area contributed by atoms with Crippen LogP contribution in [0.2, 0.25) is 6.04 Å². The Morgan fingerprint density at radius 3 is 2.00 bits per heavy atom. The summed E-state index contributed by atoms with van der Waals surface area (Å²) in [7, 11) is -2.61. The van der Waals surface area contributed by atoms with Crippen molar-refractivity contribution in [2.75, 3.05) is 33.0 Å². The van der Waals surface area contributed by atoms with Gasteiger partial charge in [-0.3, -0.25) is 0 Å². The van der Waals surface area contributed by atoms with Gasteiger partial charge < -0.3 is 23.3 Å². The molecule has 0 aromatic rings. The number of hydrogen-bond acceptors (Lipinski definition) is 5. The Balaban J connectivity index is 3.83. The van der Waals surface area contributed by atoms with Gasteiger partial charge in [0.1, 0.15) is 0 Å². The van der Waals surface area contributed by atoms with Crippen LogP contribution in [0.1, 0.15) is 65.7 Å². The zero-order chi connectivity index (χ0) is 18.8. The molecule has 1 N–H and O–H groups in total. The number of rotatable bonds is 17. The van der Waals surface area contributed by atoms with Crippen molar-refractivity contribution in [2.24, 2.45) is 0 Å². The third-order valence-electron chi connectivity index (χ3n) is 3.65. The van der Waals surface area contributed by atoms with Crippen molar-refractivity contribution in [1.29, 1.82) is 0 Å². The second-order valence-corrected chi connectivity index (χ2v) is 8.50. The molecule has 0 aliphatic carbocycles. The molecule has 0 fully saturated rings. The topological polar surface area (TPSA) is 66.0 Å². The maximum Gasteiger partial charge on any atom is 0.500 e. The number of carbonyl (C=O) groups excluding carboxylic acids is 1. The molecule has 0 aliphatic rings. The third kappa shape index (κ3) is 13.3. The average Bonchev–Trinajstić information content (AvgIpc) is 2.59. The van der Waals surface area contributed by atoms with Crippen LogP contribution < -0.4 is 5.32 Å². The van der Waals surface area contributed by atoms with Gasteiger partial charge in [-0.1, -0.05) is 39.0 Å². The molecule has 0 heterocycles. The summed E-state index contributed by atoms with van der Waals surface area (Å²) in [5.41, 5.74) is 0. The Morgan fingerprint density at radius 2 is 1.44 bits per heavy atom. The Kier molecular flexibility index (Phi) is 16.4. The van der Waals surface area contributed by atoms with E-state index in [0.29, 0.717) is 39.0 Å². The summed E-state index contributed by atoms with van der Waals surface area (Å²) in [6.45, 7) is 12.4. The first-order valence-corrected chi connectivity index (χ1v) is 11.7. The van der Waals surface area contributed by atoms with Crippen molar-refractivity contribution in [3.8, 4) is 0 Å². The number of hydrogen-bond donors (Lipinski definition) is 1. The highest BCUT2D eigenvalue weighted by Gasteiger charge is 2.39. The second-order valence-electron chi connectivity index (χ2n) is 5.77. The zero-order valence-electron chi connectivity index (χ0n) is 16.4. The van der Waals surface area contributed by atoms with Crippen molar-refractivity contribution >= 4 is 14.9 Å². The maximum absolute atomic E-state index is 11.7. The maximum atomic E-state index is 11.7. The first-order chi connectivity index (χ1) is 12.1. The van der Waals surface area contributed by atoms with Crippen LogP contribution in [0.4, 0.5) is 4.79 Å². The van der Waals surface area contributed by atoms with Crippen molar-refractivity contribution < 1.29 is 22.8 Å². The van der Waals surface area contributed by atoms with E-state index in [1.165, 1.54) is 19.3 Å². The summed E-state index contributed by atoms with van der Waals surface area (Å²) < 4.78 is 22.5. The van der Waals surface area contributed by atoms with E-state index in [4.69, 9.17) is 18.0 Å². The van der Waals surface area contributed by atoms with E-state index in [2.05, 4.69) is 12.2 Å². The van der Waals surface area contributed by atoms with Gasteiger partial charge in [-0.15, -0.1) is 0 Å².